The minimum atomic E-state index is -0.431. The normalized spacial score (nSPS) is 19.2. The zero-order valence-corrected chi connectivity index (χ0v) is 12.9. The molecule has 0 saturated carbocycles. The van der Waals surface area contributed by atoms with E-state index in [0.29, 0.717) is 41.1 Å². The molecular weight excluding hydrogens is 318 g/mol. The van der Waals surface area contributed by atoms with E-state index in [1.807, 2.05) is 6.07 Å². The number of rotatable bonds is 1. The summed E-state index contributed by atoms with van der Waals surface area (Å²) in [7, 11) is 0. The first-order valence-electron chi connectivity index (χ1n) is 7.34. The topological polar surface area (TPSA) is 72.5 Å². The summed E-state index contributed by atoms with van der Waals surface area (Å²) in [5, 5.41) is 6.55. The first-order chi connectivity index (χ1) is 11.2. The lowest BCUT2D eigenvalue weighted by Crippen LogP contribution is -2.38. The smallest absolute Gasteiger partial charge is 0.256 e. The molecular formula is C16H14ClN3O3. The molecule has 1 aromatic heterocycles. The van der Waals surface area contributed by atoms with E-state index in [2.05, 4.69) is 15.6 Å². The Labute approximate surface area is 137 Å². The van der Waals surface area contributed by atoms with Gasteiger partial charge in [-0.15, -0.1) is 0 Å². The van der Waals surface area contributed by atoms with Crippen molar-refractivity contribution >= 4 is 23.3 Å². The molecule has 7 heteroatoms. The molecule has 6 nitrogen and oxygen atoms in total. The van der Waals surface area contributed by atoms with Gasteiger partial charge in [-0.25, -0.2) is 4.98 Å². The van der Waals surface area contributed by atoms with Gasteiger partial charge in [-0.2, -0.15) is 0 Å². The van der Waals surface area contributed by atoms with Crippen LogP contribution in [-0.4, -0.2) is 24.1 Å². The third-order valence-electron chi connectivity index (χ3n) is 3.77. The number of benzene rings is 1. The van der Waals surface area contributed by atoms with Crippen molar-refractivity contribution in [1.82, 2.24) is 10.3 Å². The van der Waals surface area contributed by atoms with Gasteiger partial charge in [-0.05, 0) is 29.8 Å². The van der Waals surface area contributed by atoms with Crippen LogP contribution in [0.2, 0.25) is 5.02 Å². The summed E-state index contributed by atoms with van der Waals surface area (Å²) in [6, 6.07) is 7.05. The molecule has 3 heterocycles. The molecule has 0 bridgehead atoms. The van der Waals surface area contributed by atoms with E-state index in [1.165, 1.54) is 0 Å². The summed E-state index contributed by atoms with van der Waals surface area (Å²) in [4.78, 5) is 16.4. The van der Waals surface area contributed by atoms with Crippen LogP contribution in [0.4, 0.5) is 5.82 Å². The molecule has 2 aliphatic rings. The molecule has 1 aromatic carbocycles. The van der Waals surface area contributed by atoms with Crippen molar-refractivity contribution in [1.29, 1.82) is 0 Å². The van der Waals surface area contributed by atoms with E-state index in [9.17, 15) is 4.79 Å². The first-order valence-corrected chi connectivity index (χ1v) is 7.71. The fourth-order valence-corrected chi connectivity index (χ4v) is 2.94. The van der Waals surface area contributed by atoms with Crippen molar-refractivity contribution in [3.05, 3.63) is 46.6 Å². The Hall–Kier alpha value is -2.47. The molecule has 0 radical (unpaired) electrons. The van der Waals surface area contributed by atoms with Gasteiger partial charge in [0.1, 0.15) is 12.0 Å². The minimum absolute atomic E-state index is 0.180. The van der Waals surface area contributed by atoms with Crippen molar-refractivity contribution in [2.24, 2.45) is 0 Å². The Kier molecular flexibility index (Phi) is 3.46. The Morgan fingerprint density at radius 1 is 1.22 bits per heavy atom. The Morgan fingerprint density at radius 3 is 3.00 bits per heavy atom. The summed E-state index contributed by atoms with van der Waals surface area (Å²) >= 11 is 6.31. The maximum absolute atomic E-state index is 12.2. The van der Waals surface area contributed by atoms with Gasteiger partial charge in [0.05, 0.1) is 23.8 Å². The predicted octanol–water partition coefficient (Wildman–Crippen LogP) is 2.75. The van der Waals surface area contributed by atoms with E-state index < -0.39 is 6.17 Å². The molecule has 2 aliphatic heterocycles. The number of nitrogens with zero attached hydrogens (tertiary/aromatic N) is 1. The summed E-state index contributed by atoms with van der Waals surface area (Å²) in [6.45, 7) is 1.14. The van der Waals surface area contributed by atoms with Gasteiger partial charge in [0.25, 0.3) is 5.91 Å². The lowest BCUT2D eigenvalue weighted by Gasteiger charge is -2.27. The number of pyridine rings is 1. The van der Waals surface area contributed by atoms with Crippen LogP contribution in [0.5, 0.6) is 11.5 Å². The number of aromatic nitrogens is 1. The van der Waals surface area contributed by atoms with Gasteiger partial charge < -0.3 is 20.1 Å². The lowest BCUT2D eigenvalue weighted by molar-refractivity contribution is 0.0935. The number of hydrogen-bond donors (Lipinski definition) is 2. The van der Waals surface area contributed by atoms with Crippen LogP contribution < -0.4 is 20.1 Å². The van der Waals surface area contributed by atoms with Crippen molar-refractivity contribution in [2.75, 3.05) is 18.5 Å². The number of fused-ring (bicyclic) bond motifs is 2. The van der Waals surface area contributed by atoms with Crippen molar-refractivity contribution < 1.29 is 14.3 Å². The van der Waals surface area contributed by atoms with Crippen LogP contribution in [0.25, 0.3) is 0 Å². The second-order valence-corrected chi connectivity index (χ2v) is 5.74. The number of carbonyl (C=O) groups is 1. The van der Waals surface area contributed by atoms with E-state index >= 15 is 0 Å². The molecule has 1 atom stereocenters. The molecule has 2 N–H and O–H groups in total. The fourth-order valence-electron chi connectivity index (χ4n) is 2.67. The monoisotopic (exact) mass is 331 g/mol. The Morgan fingerprint density at radius 2 is 2.09 bits per heavy atom. The van der Waals surface area contributed by atoms with E-state index in [-0.39, 0.29) is 5.91 Å². The molecule has 1 amide bonds. The number of ether oxygens (including phenoxy) is 2. The minimum Gasteiger partial charge on any atom is -0.489 e. The fraction of sp³-hybridized carbons (Fsp3) is 0.250. The quantitative estimate of drug-likeness (QED) is 0.840. The zero-order valence-electron chi connectivity index (χ0n) is 12.1. The number of halogens is 1. The third kappa shape index (κ3) is 2.55. The number of hydrogen-bond acceptors (Lipinski definition) is 5. The highest BCUT2D eigenvalue weighted by Gasteiger charge is 2.27. The maximum Gasteiger partial charge on any atom is 0.256 e. The largest absolute Gasteiger partial charge is 0.489 e. The number of amides is 1. The molecule has 2 aromatic rings. The van der Waals surface area contributed by atoms with E-state index in [1.54, 1.807) is 24.4 Å². The molecule has 0 saturated heterocycles. The number of anilines is 1. The van der Waals surface area contributed by atoms with Crippen molar-refractivity contribution in [3.8, 4) is 11.5 Å². The van der Waals surface area contributed by atoms with Crippen LogP contribution in [0, 0.1) is 0 Å². The summed E-state index contributed by atoms with van der Waals surface area (Å²) in [6.07, 6.45) is 2.01. The van der Waals surface area contributed by atoms with Crippen LogP contribution in [0.3, 0.4) is 0 Å². The van der Waals surface area contributed by atoms with Crippen molar-refractivity contribution in [3.63, 3.8) is 0 Å². The van der Waals surface area contributed by atoms with Crippen LogP contribution in [-0.2, 0) is 0 Å². The average Bonchev–Trinajstić information content (AvgIpc) is 2.80. The molecule has 118 valence electrons. The third-order valence-corrected chi connectivity index (χ3v) is 4.05. The Balaban J connectivity index is 1.71. The van der Waals surface area contributed by atoms with Gasteiger partial charge in [-0.3, -0.25) is 4.79 Å². The second-order valence-electron chi connectivity index (χ2n) is 5.33. The van der Waals surface area contributed by atoms with E-state index in [0.717, 1.165) is 12.0 Å². The lowest BCUT2D eigenvalue weighted by atomic mass is 10.1. The predicted molar refractivity (Wildman–Crippen MR) is 85.1 cm³/mol. The SMILES string of the molecule is O=C1N[C@@H](c2cc(Cl)c3c(c2)OCCCO3)Nc2ncccc21. The maximum atomic E-state index is 12.2. The van der Waals surface area contributed by atoms with Gasteiger partial charge >= 0.3 is 0 Å². The van der Waals surface area contributed by atoms with Crippen molar-refractivity contribution in [2.45, 2.75) is 12.6 Å². The second kappa shape index (κ2) is 5.62. The number of carbonyl (C=O) groups excluding carboxylic acids is 1. The zero-order chi connectivity index (χ0) is 15.8. The molecule has 0 unspecified atom stereocenters. The summed E-state index contributed by atoms with van der Waals surface area (Å²) < 4.78 is 11.3. The highest BCUT2D eigenvalue weighted by molar-refractivity contribution is 6.32. The molecule has 4 rings (SSSR count). The highest BCUT2D eigenvalue weighted by atomic mass is 35.5. The van der Waals surface area contributed by atoms with Gasteiger partial charge in [0.2, 0.25) is 0 Å². The molecule has 0 aliphatic carbocycles. The number of nitrogens with one attached hydrogen (secondary N) is 2. The van der Waals surface area contributed by atoms with Gasteiger partial charge in [0.15, 0.2) is 11.5 Å². The summed E-state index contributed by atoms with van der Waals surface area (Å²) in [5.41, 5.74) is 1.30. The van der Waals surface area contributed by atoms with Crippen LogP contribution in [0.15, 0.2) is 30.5 Å². The highest BCUT2D eigenvalue weighted by Crippen LogP contribution is 2.40. The van der Waals surface area contributed by atoms with Crippen LogP contribution in [0.1, 0.15) is 28.5 Å². The standard InChI is InChI=1S/C16H14ClN3O3/c17-11-7-9(8-12-13(11)23-6-2-5-22-12)14-19-15-10(16(21)20-14)3-1-4-18-15/h1,3-4,7-8,14H,2,5-6H2,(H,18,19)(H,20,21)/t14-/m0/s1. The van der Waals surface area contributed by atoms with E-state index in [4.69, 9.17) is 21.1 Å². The summed E-state index contributed by atoms with van der Waals surface area (Å²) in [5.74, 6) is 1.51. The van der Waals surface area contributed by atoms with Gasteiger partial charge in [-0.1, -0.05) is 11.6 Å². The molecule has 0 spiro atoms. The average molecular weight is 332 g/mol. The Bertz CT molecular complexity index is 781. The van der Waals surface area contributed by atoms with Gasteiger partial charge in [0, 0.05) is 12.6 Å². The van der Waals surface area contributed by atoms with Crippen LogP contribution >= 0.6 is 11.6 Å². The molecule has 0 fully saturated rings. The first kappa shape index (κ1) is 14.1. The molecule has 23 heavy (non-hydrogen) atoms.